The molecule has 0 bridgehead atoms. The van der Waals surface area contributed by atoms with Crippen molar-refractivity contribution in [2.24, 2.45) is 5.73 Å². The van der Waals surface area contributed by atoms with Crippen molar-refractivity contribution in [3.63, 3.8) is 0 Å². The number of aromatic nitrogens is 2. The third-order valence-electron chi connectivity index (χ3n) is 2.74. The summed E-state index contributed by atoms with van der Waals surface area (Å²) in [6.07, 6.45) is 1.49. The van der Waals surface area contributed by atoms with Gasteiger partial charge >= 0.3 is 0 Å². The zero-order valence-electron chi connectivity index (χ0n) is 8.73. The number of methoxy groups -OCH3 is 1. The van der Waals surface area contributed by atoms with E-state index >= 15 is 0 Å². The average Bonchev–Trinajstić information content (AvgIpc) is 2.79. The summed E-state index contributed by atoms with van der Waals surface area (Å²) in [5.41, 5.74) is 4.95. The summed E-state index contributed by atoms with van der Waals surface area (Å²) in [5.74, 6) is 1.02. The molecule has 0 amide bonds. The normalized spacial score (nSPS) is 20.4. The summed E-state index contributed by atoms with van der Waals surface area (Å²) < 4.78 is 15.8. The number of rotatable bonds is 3. The van der Waals surface area contributed by atoms with Crippen LogP contribution in [0.2, 0.25) is 0 Å². The molecule has 0 atom stereocenters. The summed E-state index contributed by atoms with van der Waals surface area (Å²) in [6, 6.07) is 0. The molecule has 1 aromatic rings. The highest BCUT2D eigenvalue weighted by Crippen LogP contribution is 2.33. The lowest BCUT2D eigenvalue weighted by atomic mass is 9.93. The van der Waals surface area contributed by atoms with E-state index in [-0.39, 0.29) is 6.54 Å². The van der Waals surface area contributed by atoms with Crippen LogP contribution in [-0.2, 0) is 21.6 Å². The van der Waals surface area contributed by atoms with E-state index in [1.807, 2.05) is 0 Å². The smallest absolute Gasteiger partial charge is 0.240 e. The second kappa shape index (κ2) is 4.26. The first-order valence-corrected chi connectivity index (χ1v) is 4.97. The topological polar surface area (TPSA) is 83.4 Å². The Hall–Kier alpha value is -0.980. The molecule has 84 valence electrons. The summed E-state index contributed by atoms with van der Waals surface area (Å²) in [7, 11) is 1.66. The Morgan fingerprint density at radius 2 is 2.20 bits per heavy atom. The van der Waals surface area contributed by atoms with Crippen LogP contribution in [0.4, 0.5) is 0 Å². The monoisotopic (exact) mass is 213 g/mol. The van der Waals surface area contributed by atoms with Gasteiger partial charge < -0.3 is 19.7 Å². The van der Waals surface area contributed by atoms with Gasteiger partial charge in [-0.2, -0.15) is 4.98 Å². The van der Waals surface area contributed by atoms with Crippen LogP contribution >= 0.6 is 0 Å². The molecule has 1 aromatic heterocycles. The van der Waals surface area contributed by atoms with Gasteiger partial charge in [0.15, 0.2) is 0 Å². The molecule has 6 nitrogen and oxygen atoms in total. The Labute approximate surface area is 87.7 Å². The van der Waals surface area contributed by atoms with E-state index in [0.29, 0.717) is 24.9 Å². The Morgan fingerprint density at radius 3 is 2.73 bits per heavy atom. The van der Waals surface area contributed by atoms with Crippen molar-refractivity contribution in [2.45, 2.75) is 25.0 Å². The highest BCUT2D eigenvalue weighted by atomic mass is 16.5. The molecular formula is C9H15N3O3. The van der Waals surface area contributed by atoms with Gasteiger partial charge in [0.1, 0.15) is 5.60 Å². The lowest BCUT2D eigenvalue weighted by molar-refractivity contribution is -0.101. The van der Waals surface area contributed by atoms with E-state index < -0.39 is 5.60 Å². The standard InChI is InChI=1S/C9H15N3O3/c1-13-9(2-4-14-5-3-9)8-11-7(6-10)15-12-8/h2-6,10H2,1H3. The van der Waals surface area contributed by atoms with E-state index in [0.717, 1.165) is 12.8 Å². The van der Waals surface area contributed by atoms with Crippen LogP contribution in [0.15, 0.2) is 4.52 Å². The van der Waals surface area contributed by atoms with Crippen LogP contribution < -0.4 is 5.73 Å². The van der Waals surface area contributed by atoms with Crippen molar-refractivity contribution in [3.8, 4) is 0 Å². The molecule has 2 heterocycles. The molecule has 2 rings (SSSR count). The van der Waals surface area contributed by atoms with Gasteiger partial charge in [-0.15, -0.1) is 0 Å². The molecule has 0 unspecified atom stereocenters. The van der Waals surface area contributed by atoms with Gasteiger partial charge in [-0.05, 0) is 0 Å². The lowest BCUT2D eigenvalue weighted by Gasteiger charge is -2.32. The van der Waals surface area contributed by atoms with Crippen molar-refractivity contribution >= 4 is 0 Å². The predicted molar refractivity (Wildman–Crippen MR) is 50.9 cm³/mol. The van der Waals surface area contributed by atoms with Crippen LogP contribution in [0.5, 0.6) is 0 Å². The first kappa shape index (κ1) is 10.5. The SMILES string of the molecule is COC1(c2noc(CN)n2)CCOCC1. The van der Waals surface area contributed by atoms with Crippen molar-refractivity contribution in [1.29, 1.82) is 0 Å². The van der Waals surface area contributed by atoms with Crippen LogP contribution in [0.25, 0.3) is 0 Å². The maximum atomic E-state index is 5.52. The third-order valence-corrected chi connectivity index (χ3v) is 2.74. The lowest BCUT2D eigenvalue weighted by Crippen LogP contribution is -2.36. The highest BCUT2D eigenvalue weighted by Gasteiger charge is 2.39. The van der Waals surface area contributed by atoms with E-state index in [2.05, 4.69) is 10.1 Å². The van der Waals surface area contributed by atoms with Gasteiger partial charge in [0.2, 0.25) is 11.7 Å². The van der Waals surface area contributed by atoms with E-state index in [9.17, 15) is 0 Å². The molecule has 1 aliphatic rings. The molecule has 1 saturated heterocycles. The Kier molecular flexibility index (Phi) is 2.99. The quantitative estimate of drug-likeness (QED) is 0.771. The van der Waals surface area contributed by atoms with Gasteiger partial charge in [0.05, 0.1) is 6.54 Å². The second-order valence-corrected chi connectivity index (χ2v) is 3.53. The van der Waals surface area contributed by atoms with E-state index in [1.165, 1.54) is 0 Å². The van der Waals surface area contributed by atoms with Crippen LogP contribution in [0.3, 0.4) is 0 Å². The maximum absolute atomic E-state index is 5.52. The maximum Gasteiger partial charge on any atom is 0.240 e. The molecule has 2 N–H and O–H groups in total. The minimum absolute atomic E-state index is 0.253. The van der Waals surface area contributed by atoms with Crippen molar-refractivity contribution in [2.75, 3.05) is 20.3 Å². The van der Waals surface area contributed by atoms with E-state index in [4.69, 9.17) is 19.7 Å². The molecule has 0 aromatic carbocycles. The molecule has 0 aliphatic carbocycles. The fourth-order valence-corrected chi connectivity index (χ4v) is 1.74. The Balaban J connectivity index is 2.24. The molecule has 15 heavy (non-hydrogen) atoms. The number of ether oxygens (including phenoxy) is 2. The van der Waals surface area contributed by atoms with Crippen molar-refractivity contribution in [3.05, 3.63) is 11.7 Å². The van der Waals surface area contributed by atoms with Crippen molar-refractivity contribution in [1.82, 2.24) is 10.1 Å². The largest absolute Gasteiger partial charge is 0.381 e. The number of nitrogens with two attached hydrogens (primary N) is 1. The molecule has 0 spiro atoms. The average molecular weight is 213 g/mol. The molecular weight excluding hydrogens is 198 g/mol. The predicted octanol–water partition coefficient (Wildman–Crippen LogP) is 0.180. The van der Waals surface area contributed by atoms with Gasteiger partial charge in [-0.1, -0.05) is 5.16 Å². The van der Waals surface area contributed by atoms with Crippen LogP contribution in [0.1, 0.15) is 24.6 Å². The Bertz CT molecular complexity index is 320. The van der Waals surface area contributed by atoms with Crippen LogP contribution in [-0.4, -0.2) is 30.5 Å². The molecule has 0 radical (unpaired) electrons. The fraction of sp³-hybridized carbons (Fsp3) is 0.778. The molecule has 1 fully saturated rings. The molecule has 1 aliphatic heterocycles. The first-order chi connectivity index (χ1) is 7.30. The van der Waals surface area contributed by atoms with Gasteiger partial charge in [-0.3, -0.25) is 0 Å². The van der Waals surface area contributed by atoms with Gasteiger partial charge in [0, 0.05) is 33.2 Å². The summed E-state index contributed by atoms with van der Waals surface area (Å²) in [6.45, 7) is 1.56. The molecule has 6 heteroatoms. The summed E-state index contributed by atoms with van der Waals surface area (Å²) >= 11 is 0. The highest BCUT2D eigenvalue weighted by molar-refractivity contribution is 5.02. The number of nitrogens with zero attached hydrogens (tertiary/aromatic N) is 2. The molecule has 0 saturated carbocycles. The fourth-order valence-electron chi connectivity index (χ4n) is 1.74. The van der Waals surface area contributed by atoms with Gasteiger partial charge in [0.25, 0.3) is 0 Å². The summed E-state index contributed by atoms with van der Waals surface area (Å²) in [5, 5.41) is 3.91. The Morgan fingerprint density at radius 1 is 1.47 bits per heavy atom. The minimum atomic E-state index is -0.463. The minimum Gasteiger partial charge on any atom is -0.381 e. The number of hydrogen-bond acceptors (Lipinski definition) is 6. The zero-order chi connectivity index (χ0) is 10.7. The van der Waals surface area contributed by atoms with Gasteiger partial charge in [-0.25, -0.2) is 0 Å². The first-order valence-electron chi connectivity index (χ1n) is 4.97. The number of hydrogen-bond donors (Lipinski definition) is 1. The second-order valence-electron chi connectivity index (χ2n) is 3.53. The van der Waals surface area contributed by atoms with Crippen LogP contribution in [0, 0.1) is 0 Å². The van der Waals surface area contributed by atoms with Crippen molar-refractivity contribution < 1.29 is 14.0 Å². The van der Waals surface area contributed by atoms with E-state index in [1.54, 1.807) is 7.11 Å². The zero-order valence-corrected chi connectivity index (χ0v) is 8.73. The third kappa shape index (κ3) is 1.88. The summed E-state index contributed by atoms with van der Waals surface area (Å²) in [4.78, 5) is 4.21.